The molecule has 0 atom stereocenters. The van der Waals surface area contributed by atoms with Gasteiger partial charge in [0.05, 0.1) is 0 Å². The summed E-state index contributed by atoms with van der Waals surface area (Å²) in [6, 6.07) is 16.3. The zero-order valence-electron chi connectivity index (χ0n) is 11.7. The summed E-state index contributed by atoms with van der Waals surface area (Å²) in [5.74, 6) is 0.199. The molecule has 1 aliphatic rings. The van der Waals surface area contributed by atoms with E-state index in [2.05, 4.69) is 12.1 Å². The van der Waals surface area contributed by atoms with Crippen LogP contribution >= 0.6 is 0 Å². The van der Waals surface area contributed by atoms with E-state index >= 15 is 0 Å². The maximum Gasteiger partial charge on any atom is 0.189 e. The first-order chi connectivity index (χ1) is 9.74. The molecule has 0 saturated carbocycles. The third-order valence-electron chi connectivity index (χ3n) is 3.83. The van der Waals surface area contributed by atoms with Crippen molar-refractivity contribution in [2.45, 2.75) is 26.2 Å². The van der Waals surface area contributed by atoms with E-state index in [4.69, 9.17) is 0 Å². The lowest BCUT2D eigenvalue weighted by molar-refractivity contribution is 0.103. The van der Waals surface area contributed by atoms with Crippen molar-refractivity contribution in [3.63, 3.8) is 0 Å². The second-order valence-electron chi connectivity index (χ2n) is 5.42. The molecule has 1 aliphatic carbocycles. The Morgan fingerprint density at radius 2 is 1.80 bits per heavy atom. The van der Waals surface area contributed by atoms with Gasteiger partial charge in [0.1, 0.15) is 0 Å². The van der Waals surface area contributed by atoms with Gasteiger partial charge in [-0.3, -0.25) is 4.79 Å². The van der Waals surface area contributed by atoms with Crippen LogP contribution in [0.15, 0.2) is 54.1 Å². The van der Waals surface area contributed by atoms with Gasteiger partial charge in [-0.25, -0.2) is 0 Å². The van der Waals surface area contributed by atoms with Crippen LogP contribution in [-0.2, 0) is 6.42 Å². The summed E-state index contributed by atoms with van der Waals surface area (Å²) >= 11 is 0. The molecule has 0 aromatic heterocycles. The Hall–Kier alpha value is -2.15. The van der Waals surface area contributed by atoms with Crippen LogP contribution in [-0.4, -0.2) is 5.78 Å². The van der Waals surface area contributed by atoms with Gasteiger partial charge in [0, 0.05) is 11.1 Å². The van der Waals surface area contributed by atoms with Gasteiger partial charge in [0.25, 0.3) is 0 Å². The van der Waals surface area contributed by atoms with E-state index < -0.39 is 0 Å². The molecule has 3 rings (SSSR count). The quantitative estimate of drug-likeness (QED) is 0.542. The first-order valence-corrected chi connectivity index (χ1v) is 7.14. The zero-order chi connectivity index (χ0) is 13.9. The number of aryl methyl sites for hydroxylation is 2. The predicted molar refractivity (Wildman–Crippen MR) is 82.9 cm³/mol. The molecular weight excluding hydrogens is 244 g/mol. The van der Waals surface area contributed by atoms with Crippen LogP contribution < -0.4 is 0 Å². The number of allylic oxidation sites excluding steroid dienone is 1. The molecule has 0 spiro atoms. The molecule has 1 nitrogen and oxygen atoms in total. The summed E-state index contributed by atoms with van der Waals surface area (Å²) in [7, 11) is 0. The van der Waals surface area contributed by atoms with E-state index in [0.29, 0.717) is 0 Å². The molecule has 0 unspecified atom stereocenters. The van der Waals surface area contributed by atoms with Gasteiger partial charge >= 0.3 is 0 Å². The fourth-order valence-electron chi connectivity index (χ4n) is 2.76. The molecule has 0 amide bonds. The van der Waals surface area contributed by atoms with E-state index in [1.54, 1.807) is 0 Å². The summed E-state index contributed by atoms with van der Waals surface area (Å²) in [5.41, 5.74) is 5.27. The molecule has 2 aromatic rings. The van der Waals surface area contributed by atoms with Gasteiger partial charge in [-0.05, 0) is 49.5 Å². The standard InChI is InChI=1S/C19H18O/c1-14-10-11-16-8-5-9-17(19(20)18(16)12-14)13-15-6-3-2-4-7-15/h2-4,6-7,10-13H,5,8-9H2,1H3/b17-13-. The number of hydrogen-bond donors (Lipinski definition) is 0. The van der Waals surface area contributed by atoms with Gasteiger partial charge in [-0.2, -0.15) is 0 Å². The molecule has 0 fully saturated rings. The van der Waals surface area contributed by atoms with Crippen molar-refractivity contribution in [3.8, 4) is 0 Å². The van der Waals surface area contributed by atoms with Crippen molar-refractivity contribution in [1.82, 2.24) is 0 Å². The summed E-state index contributed by atoms with van der Waals surface area (Å²) in [6.45, 7) is 2.04. The Kier molecular flexibility index (Phi) is 3.51. The number of ketones is 1. The number of Topliss-reactive ketones (excluding diaryl/α,β-unsaturated/α-hetero) is 1. The number of rotatable bonds is 1. The molecule has 20 heavy (non-hydrogen) atoms. The number of hydrogen-bond acceptors (Lipinski definition) is 1. The van der Waals surface area contributed by atoms with Crippen LogP contribution in [0, 0.1) is 6.92 Å². The molecule has 1 heteroatoms. The molecule has 2 aromatic carbocycles. The Morgan fingerprint density at radius 1 is 1.00 bits per heavy atom. The minimum absolute atomic E-state index is 0.199. The molecule has 100 valence electrons. The Bertz CT molecular complexity index is 665. The fraction of sp³-hybridized carbons (Fsp3) is 0.211. The fourth-order valence-corrected chi connectivity index (χ4v) is 2.76. The van der Waals surface area contributed by atoms with E-state index in [1.807, 2.05) is 49.4 Å². The molecule has 0 aliphatic heterocycles. The number of benzene rings is 2. The first kappa shape index (κ1) is 12.9. The third kappa shape index (κ3) is 2.57. The van der Waals surface area contributed by atoms with E-state index in [9.17, 15) is 4.79 Å². The molecule has 0 heterocycles. The highest BCUT2D eigenvalue weighted by molar-refractivity contribution is 6.12. The second kappa shape index (κ2) is 5.46. The van der Waals surface area contributed by atoms with Gasteiger partial charge in [-0.15, -0.1) is 0 Å². The average Bonchev–Trinajstić information content (AvgIpc) is 2.61. The predicted octanol–water partition coefficient (Wildman–Crippen LogP) is 4.60. The molecule has 0 radical (unpaired) electrons. The van der Waals surface area contributed by atoms with Crippen molar-refractivity contribution < 1.29 is 4.79 Å². The second-order valence-corrected chi connectivity index (χ2v) is 5.42. The van der Waals surface area contributed by atoms with Gasteiger partial charge in [-0.1, -0.05) is 48.0 Å². The van der Waals surface area contributed by atoms with Gasteiger partial charge in [0.15, 0.2) is 5.78 Å². The number of fused-ring (bicyclic) bond motifs is 1. The average molecular weight is 262 g/mol. The largest absolute Gasteiger partial charge is 0.289 e. The van der Waals surface area contributed by atoms with Crippen LogP contribution in [0.5, 0.6) is 0 Å². The van der Waals surface area contributed by atoms with Crippen molar-refractivity contribution in [3.05, 3.63) is 76.4 Å². The van der Waals surface area contributed by atoms with Crippen molar-refractivity contribution >= 4 is 11.9 Å². The molecule has 0 bridgehead atoms. The van der Waals surface area contributed by atoms with Crippen molar-refractivity contribution in [2.75, 3.05) is 0 Å². The van der Waals surface area contributed by atoms with Gasteiger partial charge in [0.2, 0.25) is 0 Å². The minimum atomic E-state index is 0.199. The van der Waals surface area contributed by atoms with Crippen LogP contribution in [0.3, 0.4) is 0 Å². The van der Waals surface area contributed by atoms with Crippen LogP contribution in [0.1, 0.15) is 39.9 Å². The highest BCUT2D eigenvalue weighted by atomic mass is 16.1. The maximum absolute atomic E-state index is 12.7. The molecular formula is C19H18O. The van der Waals surface area contributed by atoms with Crippen LogP contribution in [0.2, 0.25) is 0 Å². The SMILES string of the molecule is Cc1ccc2c(c1)C(=O)/C(=C\c1ccccc1)CCC2. The number of carbonyl (C=O) groups is 1. The molecule has 0 N–H and O–H groups in total. The smallest absolute Gasteiger partial charge is 0.189 e. The summed E-state index contributed by atoms with van der Waals surface area (Å²) < 4.78 is 0. The first-order valence-electron chi connectivity index (χ1n) is 7.14. The van der Waals surface area contributed by atoms with E-state index in [1.165, 1.54) is 5.56 Å². The summed E-state index contributed by atoms with van der Waals surface area (Å²) in [4.78, 5) is 12.7. The van der Waals surface area contributed by atoms with Gasteiger partial charge < -0.3 is 0 Å². The lowest BCUT2D eigenvalue weighted by Gasteiger charge is -2.06. The molecule has 0 saturated heterocycles. The lowest BCUT2D eigenvalue weighted by atomic mass is 9.97. The number of carbonyl (C=O) groups excluding carboxylic acids is 1. The zero-order valence-corrected chi connectivity index (χ0v) is 11.7. The maximum atomic E-state index is 12.7. The Labute approximate surface area is 120 Å². The van der Waals surface area contributed by atoms with E-state index in [-0.39, 0.29) is 5.78 Å². The highest BCUT2D eigenvalue weighted by Crippen LogP contribution is 2.26. The van der Waals surface area contributed by atoms with Crippen molar-refractivity contribution in [2.24, 2.45) is 0 Å². The Morgan fingerprint density at radius 3 is 2.60 bits per heavy atom. The van der Waals surface area contributed by atoms with Crippen LogP contribution in [0.25, 0.3) is 6.08 Å². The monoisotopic (exact) mass is 262 g/mol. The van der Waals surface area contributed by atoms with E-state index in [0.717, 1.165) is 41.5 Å². The van der Waals surface area contributed by atoms with Crippen molar-refractivity contribution in [1.29, 1.82) is 0 Å². The summed E-state index contributed by atoms with van der Waals surface area (Å²) in [5, 5.41) is 0. The summed E-state index contributed by atoms with van der Waals surface area (Å²) in [6.07, 6.45) is 4.94. The normalized spacial score (nSPS) is 16.9. The lowest BCUT2D eigenvalue weighted by Crippen LogP contribution is -2.04. The third-order valence-corrected chi connectivity index (χ3v) is 3.83. The van der Waals surface area contributed by atoms with Crippen LogP contribution in [0.4, 0.5) is 0 Å². The topological polar surface area (TPSA) is 17.1 Å². The minimum Gasteiger partial charge on any atom is -0.289 e. The highest BCUT2D eigenvalue weighted by Gasteiger charge is 2.19. The Balaban J connectivity index is 2.03.